The van der Waals surface area contributed by atoms with E-state index in [0.29, 0.717) is 70.0 Å². The molecule has 2 saturated heterocycles. The minimum Gasteiger partial charge on any atom is -0.400 e. The summed E-state index contributed by atoms with van der Waals surface area (Å²) in [6.07, 6.45) is 0. The smallest absolute Gasteiger partial charge is 0.261 e. The molecule has 0 bridgehead atoms. The molecule has 64 heavy (non-hydrogen) atoms. The maximum Gasteiger partial charge on any atom is 0.261 e. The van der Waals surface area contributed by atoms with Crippen LogP contribution in [0.1, 0.15) is 56.5 Å². The van der Waals surface area contributed by atoms with Crippen molar-refractivity contribution in [3.8, 4) is 12.1 Å². The minimum atomic E-state index is -0.233. The number of halogens is 4. The van der Waals surface area contributed by atoms with Gasteiger partial charge in [0.1, 0.15) is 0 Å². The van der Waals surface area contributed by atoms with Crippen LogP contribution in [-0.2, 0) is 0 Å². The van der Waals surface area contributed by atoms with E-state index in [1.54, 1.807) is 42.5 Å². The zero-order chi connectivity index (χ0) is 46.3. The highest BCUT2D eigenvalue weighted by atomic mass is 35.5. The van der Waals surface area contributed by atoms with Crippen LogP contribution < -0.4 is 15.5 Å². The van der Waals surface area contributed by atoms with Crippen molar-refractivity contribution in [2.24, 2.45) is 5.73 Å². The Labute approximate surface area is 395 Å². The Morgan fingerprint density at radius 2 is 1.03 bits per heavy atom. The van der Waals surface area contributed by atoms with Gasteiger partial charge < -0.3 is 20.6 Å². The maximum atomic E-state index is 12.8. The van der Waals surface area contributed by atoms with Gasteiger partial charge in [0, 0.05) is 84.0 Å². The van der Waals surface area contributed by atoms with Crippen LogP contribution in [0.5, 0.6) is 0 Å². The molecule has 8 rings (SSSR count). The van der Waals surface area contributed by atoms with Gasteiger partial charge in [0.05, 0.1) is 67.9 Å². The van der Waals surface area contributed by atoms with E-state index in [9.17, 15) is 14.9 Å². The second-order valence-electron chi connectivity index (χ2n) is 14.8. The van der Waals surface area contributed by atoms with Gasteiger partial charge in [0.2, 0.25) is 0 Å². The fourth-order valence-electron chi connectivity index (χ4n) is 8.09. The Kier molecular flexibility index (Phi) is 18.5. The number of piperazine rings is 2. The maximum absolute atomic E-state index is 12.8. The van der Waals surface area contributed by atoms with Crippen molar-refractivity contribution in [1.82, 2.24) is 14.7 Å². The molecule has 0 unspecified atom stereocenters. The minimum absolute atomic E-state index is 0. The first-order valence-electron chi connectivity index (χ1n) is 20.3. The molecule has 5 aromatic carbocycles. The number of carbonyl (C=O) groups is 2. The number of carbonyl (C=O) groups excluding carboxylic acids is 2. The number of aliphatic hydroxyl groups is 1. The molecule has 3 aliphatic rings. The normalized spacial score (nSPS) is 17.1. The van der Waals surface area contributed by atoms with Crippen molar-refractivity contribution in [2.45, 2.75) is 12.1 Å². The lowest BCUT2D eigenvalue weighted by molar-refractivity contribution is 0.0631. The Bertz CT molecular complexity index is 2440. The van der Waals surface area contributed by atoms with Crippen LogP contribution >= 0.6 is 46.4 Å². The topological polar surface area (TPSA) is 192 Å². The molecule has 5 N–H and O–H groups in total. The van der Waals surface area contributed by atoms with Crippen molar-refractivity contribution < 1.29 is 16.1 Å². The molecule has 0 aromatic heterocycles. The van der Waals surface area contributed by atoms with E-state index >= 15 is 0 Å². The molecule has 3 aliphatic heterocycles. The number of nitrogens with one attached hydrogen (secondary N) is 2. The van der Waals surface area contributed by atoms with E-state index in [2.05, 4.69) is 43.9 Å². The monoisotopic (exact) mass is 942 g/mol. The zero-order valence-electron chi connectivity index (χ0n) is 35.1. The predicted molar refractivity (Wildman–Crippen MR) is 255 cm³/mol. The molecule has 2 amide bonds. The molecule has 2 atom stereocenters. The number of hydrogen-bond donors (Lipinski definition) is 4. The standard InChI is InChI=1S/C27H22Cl2N4O2.C19H20Cl2N4.CH4O.H2N2.H2/c28-20-8-6-19(7-9-20)25-17-31(11-13-32(25)24-10-5-18(16-30)15-23(24)29)12-14-33-26(34)21-3-1-2-4-22(21)27(33)35;20-16-4-2-15(3-5-16)19-13-24(8-7-22)9-10-25(19)18-6-1-14(12-23)11-17(18)21;2*1-2;/h1-10,15,25H,11-14,17H2;1-6,11,19H,7-10,13,22H2;2H,1H3;1-2H;1H/t25-;19-;;;/m00.../s1. The SMILES string of the molecule is CO.N#Cc1ccc(N2CCN(CCN)C[C@H]2c2ccc(Cl)cc2)c(Cl)c1.N#Cc1ccc(N2CCN(CCN3C(=O)c4ccccc4C3=O)C[C@H]2c2ccc(Cl)cc2)c(Cl)c1.N=N.[HH]. The summed E-state index contributed by atoms with van der Waals surface area (Å²) in [5, 5.41) is 27.8. The predicted octanol–water partition coefficient (Wildman–Crippen LogP) is 9.16. The van der Waals surface area contributed by atoms with Gasteiger partial charge in [-0.1, -0.05) is 82.8 Å². The summed E-state index contributed by atoms with van der Waals surface area (Å²) in [6.45, 7) is 7.18. The highest BCUT2D eigenvalue weighted by Gasteiger charge is 2.36. The summed E-state index contributed by atoms with van der Waals surface area (Å²) in [7, 11) is 1.00. The van der Waals surface area contributed by atoms with Crippen LogP contribution in [0.25, 0.3) is 0 Å². The first-order valence-corrected chi connectivity index (χ1v) is 21.8. The quantitative estimate of drug-likeness (QED) is 0.0819. The van der Waals surface area contributed by atoms with Crippen LogP contribution in [0, 0.1) is 33.7 Å². The second kappa shape index (κ2) is 23.9. The van der Waals surface area contributed by atoms with Gasteiger partial charge >= 0.3 is 0 Å². The van der Waals surface area contributed by atoms with E-state index in [0.717, 1.165) is 61.8 Å². The molecular formula is C47H50Cl4N10O3. The Hall–Kier alpha value is -5.58. The number of aliphatic hydroxyl groups excluding tert-OH is 1. The highest BCUT2D eigenvalue weighted by Crippen LogP contribution is 2.38. The van der Waals surface area contributed by atoms with Crippen LogP contribution in [0.4, 0.5) is 11.4 Å². The third-order valence-corrected chi connectivity index (χ3v) is 12.3. The lowest BCUT2D eigenvalue weighted by atomic mass is 10.0. The number of nitrogens with zero attached hydrogens (tertiary/aromatic N) is 7. The van der Waals surface area contributed by atoms with Gasteiger partial charge in [-0.25, -0.2) is 11.1 Å². The number of amides is 2. The van der Waals surface area contributed by atoms with Gasteiger partial charge in [-0.15, -0.1) is 0 Å². The van der Waals surface area contributed by atoms with Crippen molar-refractivity contribution >= 4 is 69.6 Å². The molecule has 0 radical (unpaired) electrons. The van der Waals surface area contributed by atoms with Crippen molar-refractivity contribution in [3.63, 3.8) is 0 Å². The van der Waals surface area contributed by atoms with Crippen molar-refractivity contribution in [2.75, 3.05) is 82.4 Å². The van der Waals surface area contributed by atoms with Crippen LogP contribution in [-0.4, -0.2) is 104 Å². The third-order valence-electron chi connectivity index (χ3n) is 11.2. The first-order chi connectivity index (χ1) is 31.1. The molecule has 334 valence electrons. The number of imide groups is 1. The summed E-state index contributed by atoms with van der Waals surface area (Å²) >= 11 is 25.2. The number of benzene rings is 5. The number of nitriles is 2. The summed E-state index contributed by atoms with van der Waals surface area (Å²) in [5.74, 6) is -0.467. The molecule has 13 nitrogen and oxygen atoms in total. The van der Waals surface area contributed by atoms with Gasteiger partial charge in [-0.05, 0) is 83.9 Å². The molecule has 5 aromatic rings. The van der Waals surface area contributed by atoms with Crippen LogP contribution in [0.3, 0.4) is 0 Å². The zero-order valence-corrected chi connectivity index (χ0v) is 38.1. The van der Waals surface area contributed by atoms with Crippen LogP contribution in [0.15, 0.2) is 109 Å². The fraction of sp³-hybridized carbons (Fsp3) is 0.277. The third kappa shape index (κ3) is 11.8. The molecule has 3 heterocycles. The van der Waals surface area contributed by atoms with E-state index in [4.69, 9.17) is 73.6 Å². The summed E-state index contributed by atoms with van der Waals surface area (Å²) in [6, 6.07) is 37.9. The Balaban J connectivity index is 0.000000273. The Morgan fingerprint density at radius 1 is 0.625 bits per heavy atom. The number of anilines is 2. The molecule has 17 heteroatoms. The summed E-state index contributed by atoms with van der Waals surface area (Å²) in [4.78, 5) is 36.0. The van der Waals surface area contributed by atoms with Crippen molar-refractivity contribution in [1.29, 1.82) is 21.6 Å². The highest BCUT2D eigenvalue weighted by molar-refractivity contribution is 6.34. The van der Waals surface area contributed by atoms with Gasteiger partial charge in [-0.3, -0.25) is 24.3 Å². The van der Waals surface area contributed by atoms with Gasteiger partial charge in [0.25, 0.3) is 11.8 Å². The lowest BCUT2D eigenvalue weighted by Gasteiger charge is -2.43. The molecular weight excluding hydrogens is 894 g/mol. The number of hydrogen-bond acceptors (Lipinski definition) is 12. The fourth-order valence-corrected chi connectivity index (χ4v) is 8.92. The first kappa shape index (κ1) is 49.4. The molecule has 0 saturated carbocycles. The lowest BCUT2D eigenvalue weighted by Crippen LogP contribution is -2.50. The average molecular weight is 945 g/mol. The Morgan fingerprint density at radius 3 is 1.41 bits per heavy atom. The summed E-state index contributed by atoms with van der Waals surface area (Å²) in [5.41, 5.74) is 21.9. The van der Waals surface area contributed by atoms with E-state index in [1.807, 2.05) is 54.6 Å². The molecule has 2 fully saturated rings. The van der Waals surface area contributed by atoms with Gasteiger partial charge in [-0.2, -0.15) is 10.5 Å². The summed E-state index contributed by atoms with van der Waals surface area (Å²) < 4.78 is 0. The van der Waals surface area contributed by atoms with Crippen LogP contribution in [0.2, 0.25) is 20.1 Å². The number of rotatable bonds is 9. The average Bonchev–Trinajstić information content (AvgIpc) is 3.57. The van der Waals surface area contributed by atoms with E-state index < -0.39 is 0 Å². The van der Waals surface area contributed by atoms with E-state index in [-0.39, 0.29) is 25.3 Å². The van der Waals surface area contributed by atoms with Crippen molar-refractivity contribution in [3.05, 3.63) is 163 Å². The number of fused-ring (bicyclic) bond motifs is 1. The number of nitrogens with two attached hydrogens (primary N) is 1. The van der Waals surface area contributed by atoms with Gasteiger partial charge in [0.15, 0.2) is 0 Å². The largest absolute Gasteiger partial charge is 0.400 e. The van der Waals surface area contributed by atoms with E-state index in [1.165, 1.54) is 10.5 Å². The second-order valence-corrected chi connectivity index (χ2v) is 16.5. The molecule has 0 aliphatic carbocycles. The molecule has 0 spiro atoms.